The van der Waals surface area contributed by atoms with E-state index in [1.807, 2.05) is 30.5 Å². The zero-order valence-corrected chi connectivity index (χ0v) is 15.5. The van der Waals surface area contributed by atoms with Gasteiger partial charge in [0, 0.05) is 9.92 Å². The van der Waals surface area contributed by atoms with Crippen LogP contribution in [0.25, 0.3) is 0 Å². The summed E-state index contributed by atoms with van der Waals surface area (Å²) in [6.07, 6.45) is 2.83. The Balaban J connectivity index is 1.89. The van der Waals surface area contributed by atoms with Gasteiger partial charge in [-0.15, -0.1) is 11.8 Å². The van der Waals surface area contributed by atoms with Gasteiger partial charge in [-0.1, -0.05) is 35.3 Å². The van der Waals surface area contributed by atoms with Crippen molar-refractivity contribution in [1.29, 1.82) is 0 Å². The van der Waals surface area contributed by atoms with E-state index in [1.165, 1.54) is 0 Å². The molecule has 0 saturated carbocycles. The van der Waals surface area contributed by atoms with Gasteiger partial charge in [0.1, 0.15) is 5.75 Å². The van der Waals surface area contributed by atoms with Crippen LogP contribution in [0.1, 0.15) is 12.5 Å². The molecule has 1 unspecified atom stereocenters. The topological polar surface area (TPSA) is 50.7 Å². The molecule has 0 aliphatic carbocycles. The summed E-state index contributed by atoms with van der Waals surface area (Å²) in [6, 6.07) is 12.6. The van der Waals surface area contributed by atoms with E-state index in [0.717, 1.165) is 10.5 Å². The van der Waals surface area contributed by atoms with Crippen molar-refractivity contribution in [1.82, 2.24) is 5.43 Å². The van der Waals surface area contributed by atoms with Gasteiger partial charge in [0.25, 0.3) is 5.91 Å². The highest BCUT2D eigenvalue weighted by Crippen LogP contribution is 2.28. The average molecular weight is 383 g/mol. The Kier molecular flexibility index (Phi) is 6.97. The van der Waals surface area contributed by atoms with Crippen molar-refractivity contribution in [2.75, 3.05) is 6.26 Å². The fourth-order valence-corrected chi connectivity index (χ4v) is 2.63. The fourth-order valence-electron chi connectivity index (χ4n) is 1.77. The monoisotopic (exact) mass is 382 g/mol. The minimum absolute atomic E-state index is 0.347. The lowest BCUT2D eigenvalue weighted by Gasteiger charge is -2.14. The smallest absolute Gasteiger partial charge is 0.280 e. The molecule has 0 aliphatic heterocycles. The first-order valence-corrected chi connectivity index (χ1v) is 9.06. The van der Waals surface area contributed by atoms with E-state index in [-0.39, 0.29) is 5.91 Å². The van der Waals surface area contributed by atoms with Gasteiger partial charge in [0.15, 0.2) is 6.10 Å². The SMILES string of the molecule is CSc1ccc(/C=N/NC(=O)C(C)Oc2ccc(Cl)cc2Cl)cc1. The molecule has 2 aromatic rings. The highest BCUT2D eigenvalue weighted by Gasteiger charge is 2.15. The summed E-state index contributed by atoms with van der Waals surface area (Å²) in [4.78, 5) is 13.2. The number of halogens is 2. The van der Waals surface area contributed by atoms with E-state index in [4.69, 9.17) is 27.9 Å². The quantitative estimate of drug-likeness (QED) is 0.449. The summed E-state index contributed by atoms with van der Waals surface area (Å²) < 4.78 is 5.52. The highest BCUT2D eigenvalue weighted by atomic mass is 35.5. The third kappa shape index (κ3) is 5.44. The summed E-state index contributed by atoms with van der Waals surface area (Å²) in [6.45, 7) is 1.61. The number of nitrogens with one attached hydrogen (secondary N) is 1. The minimum Gasteiger partial charge on any atom is -0.479 e. The zero-order chi connectivity index (χ0) is 17.5. The summed E-state index contributed by atoms with van der Waals surface area (Å²) in [5, 5.41) is 4.78. The number of ether oxygens (including phenoxy) is 1. The largest absolute Gasteiger partial charge is 0.479 e. The van der Waals surface area contributed by atoms with Crippen LogP contribution in [0.4, 0.5) is 0 Å². The van der Waals surface area contributed by atoms with Crippen molar-refractivity contribution >= 4 is 47.1 Å². The Bertz CT molecular complexity index is 736. The van der Waals surface area contributed by atoms with Gasteiger partial charge in [-0.05, 0) is 49.1 Å². The number of nitrogens with zero attached hydrogens (tertiary/aromatic N) is 1. The molecule has 24 heavy (non-hydrogen) atoms. The van der Waals surface area contributed by atoms with Gasteiger partial charge < -0.3 is 4.74 Å². The third-order valence-corrected chi connectivity index (χ3v) is 4.35. The summed E-state index contributed by atoms with van der Waals surface area (Å²) in [5.41, 5.74) is 3.33. The molecule has 1 N–H and O–H groups in total. The number of amides is 1. The lowest BCUT2D eigenvalue weighted by atomic mass is 10.2. The second kappa shape index (κ2) is 8.97. The molecule has 1 atom stereocenters. The number of carbonyl (C=O) groups excluding carboxylic acids is 1. The maximum atomic E-state index is 12.0. The van der Waals surface area contributed by atoms with Gasteiger partial charge >= 0.3 is 0 Å². The molecule has 0 heterocycles. The zero-order valence-electron chi connectivity index (χ0n) is 13.1. The molecule has 0 bridgehead atoms. The van der Waals surface area contributed by atoms with Crippen LogP contribution in [-0.2, 0) is 4.79 Å². The lowest BCUT2D eigenvalue weighted by Crippen LogP contribution is -2.33. The standard InChI is InChI=1S/C17H16Cl2N2O2S/c1-11(23-16-8-5-13(18)9-15(16)19)17(22)21-20-10-12-3-6-14(24-2)7-4-12/h3-11H,1-2H3,(H,21,22)/b20-10+. The van der Waals surface area contributed by atoms with Crippen molar-refractivity contribution in [3.63, 3.8) is 0 Å². The molecule has 4 nitrogen and oxygen atoms in total. The molecular weight excluding hydrogens is 367 g/mol. The molecule has 7 heteroatoms. The summed E-state index contributed by atoms with van der Waals surface area (Å²) in [5.74, 6) is 0.0124. The van der Waals surface area contributed by atoms with E-state index in [1.54, 1.807) is 43.1 Å². The van der Waals surface area contributed by atoms with Gasteiger partial charge in [0.05, 0.1) is 11.2 Å². The number of hydrazone groups is 1. The van der Waals surface area contributed by atoms with E-state index < -0.39 is 6.10 Å². The Labute approximate surface area is 155 Å². The maximum absolute atomic E-state index is 12.0. The number of thioether (sulfide) groups is 1. The van der Waals surface area contributed by atoms with Crippen molar-refractivity contribution in [3.8, 4) is 5.75 Å². The van der Waals surface area contributed by atoms with Crippen LogP contribution in [0.2, 0.25) is 10.0 Å². The Hall–Kier alpha value is -1.69. The highest BCUT2D eigenvalue weighted by molar-refractivity contribution is 7.98. The van der Waals surface area contributed by atoms with E-state index >= 15 is 0 Å². The predicted octanol–water partition coefficient (Wildman–Crippen LogP) is 4.63. The van der Waals surface area contributed by atoms with E-state index in [2.05, 4.69) is 10.5 Å². The molecular formula is C17H16Cl2N2O2S. The molecule has 1 amide bonds. The Morgan fingerprint density at radius 3 is 2.58 bits per heavy atom. The number of hydrogen-bond acceptors (Lipinski definition) is 4. The molecule has 2 aromatic carbocycles. The minimum atomic E-state index is -0.750. The van der Waals surface area contributed by atoms with Gasteiger partial charge in [-0.25, -0.2) is 5.43 Å². The maximum Gasteiger partial charge on any atom is 0.280 e. The van der Waals surface area contributed by atoms with Gasteiger partial charge in [-0.3, -0.25) is 4.79 Å². The van der Waals surface area contributed by atoms with Crippen LogP contribution < -0.4 is 10.2 Å². The molecule has 0 saturated heterocycles. The fraction of sp³-hybridized carbons (Fsp3) is 0.176. The van der Waals surface area contributed by atoms with Crippen molar-refractivity contribution in [2.45, 2.75) is 17.9 Å². The molecule has 0 aromatic heterocycles. The first-order valence-electron chi connectivity index (χ1n) is 7.08. The van der Waals surface area contributed by atoms with Gasteiger partial charge in [0.2, 0.25) is 0 Å². The molecule has 126 valence electrons. The first kappa shape index (κ1) is 18.6. The second-order valence-corrected chi connectivity index (χ2v) is 6.57. The normalized spacial score (nSPS) is 12.2. The average Bonchev–Trinajstić information content (AvgIpc) is 2.57. The van der Waals surface area contributed by atoms with Crippen LogP contribution in [0.5, 0.6) is 5.75 Å². The van der Waals surface area contributed by atoms with Crippen LogP contribution in [-0.4, -0.2) is 24.5 Å². The molecule has 0 spiro atoms. The number of benzene rings is 2. The summed E-state index contributed by atoms with van der Waals surface area (Å²) in [7, 11) is 0. The number of rotatable bonds is 6. The van der Waals surface area contributed by atoms with Gasteiger partial charge in [-0.2, -0.15) is 5.10 Å². The first-order chi connectivity index (χ1) is 11.5. The van der Waals surface area contributed by atoms with Crippen LogP contribution in [0.15, 0.2) is 52.5 Å². The van der Waals surface area contributed by atoms with E-state index in [9.17, 15) is 4.79 Å². The Morgan fingerprint density at radius 2 is 1.96 bits per heavy atom. The number of hydrogen-bond donors (Lipinski definition) is 1. The van der Waals surface area contributed by atoms with Crippen LogP contribution >= 0.6 is 35.0 Å². The van der Waals surface area contributed by atoms with Crippen molar-refractivity contribution < 1.29 is 9.53 Å². The second-order valence-electron chi connectivity index (χ2n) is 4.84. The van der Waals surface area contributed by atoms with Crippen LogP contribution in [0, 0.1) is 0 Å². The molecule has 0 aliphatic rings. The van der Waals surface area contributed by atoms with Crippen LogP contribution in [0.3, 0.4) is 0 Å². The third-order valence-electron chi connectivity index (χ3n) is 3.07. The Morgan fingerprint density at radius 1 is 1.25 bits per heavy atom. The number of carbonyl (C=O) groups is 1. The van der Waals surface area contributed by atoms with E-state index in [0.29, 0.717) is 15.8 Å². The molecule has 2 rings (SSSR count). The molecule has 0 fully saturated rings. The molecule has 0 radical (unpaired) electrons. The van der Waals surface area contributed by atoms with Crippen molar-refractivity contribution in [2.24, 2.45) is 5.10 Å². The lowest BCUT2D eigenvalue weighted by molar-refractivity contribution is -0.127. The predicted molar refractivity (Wildman–Crippen MR) is 101 cm³/mol. The summed E-state index contributed by atoms with van der Waals surface area (Å²) >= 11 is 13.5. The van der Waals surface area contributed by atoms with Crippen molar-refractivity contribution in [3.05, 3.63) is 58.1 Å².